The second kappa shape index (κ2) is 7.55. The van der Waals surface area contributed by atoms with Crippen molar-refractivity contribution >= 4 is 23.3 Å². The Bertz CT molecular complexity index is 1190. The predicted molar refractivity (Wildman–Crippen MR) is 105 cm³/mol. The van der Waals surface area contributed by atoms with Crippen molar-refractivity contribution in [3.63, 3.8) is 0 Å². The van der Waals surface area contributed by atoms with E-state index in [1.54, 1.807) is 19.1 Å². The van der Waals surface area contributed by atoms with Gasteiger partial charge < -0.3 is 9.84 Å². The molecule has 0 aliphatic carbocycles. The van der Waals surface area contributed by atoms with Crippen molar-refractivity contribution < 1.29 is 14.6 Å². The highest BCUT2D eigenvalue weighted by Crippen LogP contribution is 2.31. The lowest BCUT2D eigenvalue weighted by Gasteiger charge is -2.01. The average molecular weight is 390 g/mol. The Labute approximate surface area is 165 Å². The molecule has 0 fully saturated rings. The number of hydrogen-bond donors (Lipinski definition) is 1. The third-order valence-corrected chi connectivity index (χ3v) is 4.17. The maximum Gasteiger partial charge on any atom is 0.376 e. The highest BCUT2D eigenvalue weighted by molar-refractivity contribution is 5.87. The molecular formula is C20H18N6O3. The maximum absolute atomic E-state index is 12.5. The van der Waals surface area contributed by atoms with Crippen molar-refractivity contribution in [1.82, 2.24) is 19.2 Å². The molecule has 4 rings (SSSR count). The van der Waals surface area contributed by atoms with Crippen LogP contribution < -0.4 is 0 Å². The number of rotatable bonds is 5. The number of azo groups is 1. The Kier molecular flexibility index (Phi) is 4.78. The van der Waals surface area contributed by atoms with Crippen LogP contribution in [0.15, 0.2) is 64.8 Å². The lowest BCUT2D eigenvalue weighted by molar-refractivity contribution is 0.0510. The number of carbonyl (C=O) groups excluding carboxylic acids is 1. The van der Waals surface area contributed by atoms with Crippen LogP contribution in [0.2, 0.25) is 0 Å². The summed E-state index contributed by atoms with van der Waals surface area (Å²) in [4.78, 5) is 16.6. The molecule has 4 aromatic rings. The largest absolute Gasteiger partial charge is 0.491 e. The van der Waals surface area contributed by atoms with Crippen LogP contribution in [0, 0.1) is 6.92 Å². The number of benzene rings is 2. The van der Waals surface area contributed by atoms with E-state index >= 15 is 0 Å². The number of aromatic nitrogens is 4. The van der Waals surface area contributed by atoms with Gasteiger partial charge in [-0.1, -0.05) is 35.9 Å². The van der Waals surface area contributed by atoms with Gasteiger partial charge in [0.2, 0.25) is 17.4 Å². The molecule has 2 aromatic carbocycles. The van der Waals surface area contributed by atoms with Crippen molar-refractivity contribution in [3.8, 4) is 11.6 Å². The molecule has 2 heterocycles. The van der Waals surface area contributed by atoms with E-state index in [9.17, 15) is 9.90 Å². The van der Waals surface area contributed by atoms with E-state index in [0.717, 1.165) is 5.56 Å². The Balaban J connectivity index is 1.90. The topological polar surface area (TPSA) is 106 Å². The van der Waals surface area contributed by atoms with E-state index < -0.39 is 5.97 Å². The molecule has 0 aliphatic rings. The number of imidazole rings is 1. The number of aryl methyl sites for hydroxylation is 1. The lowest BCUT2D eigenvalue weighted by atomic mass is 10.2. The summed E-state index contributed by atoms with van der Waals surface area (Å²) >= 11 is 0. The first kappa shape index (κ1) is 18.4. The van der Waals surface area contributed by atoms with Crippen LogP contribution in [0.3, 0.4) is 0 Å². The van der Waals surface area contributed by atoms with E-state index in [1.165, 1.54) is 9.08 Å². The van der Waals surface area contributed by atoms with Crippen molar-refractivity contribution in [2.24, 2.45) is 10.2 Å². The van der Waals surface area contributed by atoms with Crippen LogP contribution in [0.25, 0.3) is 11.5 Å². The number of fused-ring (bicyclic) bond motifs is 1. The molecule has 146 valence electrons. The summed E-state index contributed by atoms with van der Waals surface area (Å²) in [7, 11) is 0. The van der Waals surface area contributed by atoms with Crippen LogP contribution >= 0.6 is 0 Å². The molecule has 0 amide bonds. The number of ether oxygens (including phenoxy) is 1. The second-order valence-corrected chi connectivity index (χ2v) is 6.22. The van der Waals surface area contributed by atoms with Gasteiger partial charge in [-0.15, -0.1) is 15.3 Å². The minimum absolute atomic E-state index is 0.00901. The minimum atomic E-state index is -0.656. The fourth-order valence-electron chi connectivity index (χ4n) is 2.79. The fourth-order valence-corrected chi connectivity index (χ4v) is 2.79. The maximum atomic E-state index is 12.5. The normalized spacial score (nSPS) is 11.4. The number of hydrogen-bond acceptors (Lipinski definition) is 7. The van der Waals surface area contributed by atoms with Gasteiger partial charge in [0.25, 0.3) is 5.88 Å². The monoisotopic (exact) mass is 390 g/mol. The van der Waals surface area contributed by atoms with Crippen LogP contribution in [0.5, 0.6) is 5.88 Å². The molecule has 0 unspecified atom stereocenters. The second-order valence-electron chi connectivity index (χ2n) is 6.22. The zero-order valence-electron chi connectivity index (χ0n) is 15.9. The van der Waals surface area contributed by atoms with Gasteiger partial charge in [-0.2, -0.15) is 9.67 Å². The Morgan fingerprint density at radius 3 is 2.52 bits per heavy atom. The summed E-state index contributed by atoms with van der Waals surface area (Å²) in [5, 5.41) is 22.9. The average Bonchev–Trinajstić information content (AvgIpc) is 3.24. The summed E-state index contributed by atoms with van der Waals surface area (Å²) < 4.78 is 7.90. The van der Waals surface area contributed by atoms with Crippen LogP contribution in [-0.2, 0) is 4.74 Å². The van der Waals surface area contributed by atoms with Gasteiger partial charge in [0.05, 0.1) is 18.0 Å². The molecule has 2 aromatic heterocycles. The van der Waals surface area contributed by atoms with Gasteiger partial charge in [-0.25, -0.2) is 9.20 Å². The van der Waals surface area contributed by atoms with Gasteiger partial charge >= 0.3 is 5.97 Å². The minimum Gasteiger partial charge on any atom is -0.491 e. The lowest BCUT2D eigenvalue weighted by Crippen LogP contribution is -2.09. The van der Waals surface area contributed by atoms with Gasteiger partial charge in [0.1, 0.15) is 0 Å². The quantitative estimate of drug-likeness (QED) is 0.407. The van der Waals surface area contributed by atoms with E-state index in [0.29, 0.717) is 11.4 Å². The van der Waals surface area contributed by atoms with Gasteiger partial charge in [0, 0.05) is 0 Å². The molecule has 0 radical (unpaired) electrons. The summed E-state index contributed by atoms with van der Waals surface area (Å²) in [5.74, 6) is -0.871. The molecule has 0 saturated carbocycles. The van der Waals surface area contributed by atoms with Crippen LogP contribution in [-0.4, -0.2) is 36.8 Å². The number of aromatic hydroxyl groups is 1. The summed E-state index contributed by atoms with van der Waals surface area (Å²) in [5.41, 5.74) is 2.34. The Morgan fingerprint density at radius 2 is 1.83 bits per heavy atom. The standard InChI is InChI=1S/C20H18N6O3/c1-3-29-19(28)17-24-26(15-11-9-13(2)10-12-15)20-21-18(27)16(25(17)20)23-22-14-7-5-4-6-8-14/h4-12,27H,3H2,1-2H3. The van der Waals surface area contributed by atoms with E-state index in [-0.39, 0.29) is 29.9 Å². The third-order valence-electron chi connectivity index (χ3n) is 4.17. The van der Waals surface area contributed by atoms with E-state index in [1.807, 2.05) is 49.4 Å². The SMILES string of the molecule is CCOC(=O)c1nn(-c2ccc(C)cc2)c2nc(O)c(N=Nc3ccccc3)n12. The first-order valence-electron chi connectivity index (χ1n) is 9.00. The molecule has 0 spiro atoms. The Morgan fingerprint density at radius 1 is 1.10 bits per heavy atom. The molecule has 9 heteroatoms. The molecule has 0 aliphatic heterocycles. The molecular weight excluding hydrogens is 372 g/mol. The van der Waals surface area contributed by atoms with E-state index in [4.69, 9.17) is 4.74 Å². The molecule has 0 saturated heterocycles. The zero-order chi connectivity index (χ0) is 20.4. The van der Waals surface area contributed by atoms with Crippen molar-refractivity contribution in [2.75, 3.05) is 6.61 Å². The van der Waals surface area contributed by atoms with Gasteiger partial charge in [0.15, 0.2) is 0 Å². The first-order chi connectivity index (χ1) is 14.1. The van der Waals surface area contributed by atoms with Crippen molar-refractivity contribution in [1.29, 1.82) is 0 Å². The van der Waals surface area contributed by atoms with Gasteiger partial charge in [-0.05, 0) is 38.1 Å². The van der Waals surface area contributed by atoms with Gasteiger partial charge in [-0.3, -0.25) is 0 Å². The summed E-state index contributed by atoms with van der Waals surface area (Å²) in [6.45, 7) is 3.85. The molecule has 0 bridgehead atoms. The Hall–Kier alpha value is -4.01. The molecule has 0 atom stereocenters. The smallest absolute Gasteiger partial charge is 0.376 e. The van der Waals surface area contributed by atoms with Crippen LogP contribution in [0.1, 0.15) is 23.1 Å². The first-order valence-corrected chi connectivity index (χ1v) is 9.00. The predicted octanol–water partition coefficient (Wildman–Crippen LogP) is 4.13. The fraction of sp³-hybridized carbons (Fsp3) is 0.150. The zero-order valence-corrected chi connectivity index (χ0v) is 15.9. The number of nitrogens with zero attached hydrogens (tertiary/aromatic N) is 6. The van der Waals surface area contributed by atoms with Crippen molar-refractivity contribution in [2.45, 2.75) is 13.8 Å². The summed E-state index contributed by atoms with van der Waals surface area (Å²) in [6, 6.07) is 16.5. The molecule has 1 N–H and O–H groups in total. The number of carbonyl (C=O) groups is 1. The highest BCUT2D eigenvalue weighted by Gasteiger charge is 2.26. The highest BCUT2D eigenvalue weighted by atomic mass is 16.5. The third kappa shape index (κ3) is 3.45. The molecule has 29 heavy (non-hydrogen) atoms. The van der Waals surface area contributed by atoms with E-state index in [2.05, 4.69) is 20.3 Å². The number of esters is 1. The van der Waals surface area contributed by atoms with Crippen LogP contribution in [0.4, 0.5) is 11.5 Å². The molecule has 9 nitrogen and oxygen atoms in total. The van der Waals surface area contributed by atoms with Crippen molar-refractivity contribution in [3.05, 3.63) is 66.0 Å². The summed E-state index contributed by atoms with van der Waals surface area (Å²) in [6.07, 6.45) is 0.